The molecule has 1 aromatic rings. The van der Waals surface area contributed by atoms with E-state index >= 15 is 0 Å². The Morgan fingerprint density at radius 2 is 2.24 bits per heavy atom. The van der Waals surface area contributed by atoms with Crippen molar-refractivity contribution >= 4 is 27.3 Å². The maximum atomic E-state index is 12.7. The second-order valence-electron chi connectivity index (χ2n) is 5.61. The van der Waals surface area contributed by atoms with E-state index in [9.17, 15) is 18.3 Å². The number of thiophene rings is 1. The highest BCUT2D eigenvalue weighted by molar-refractivity contribution is 7.89. The van der Waals surface area contributed by atoms with Crippen LogP contribution >= 0.6 is 11.3 Å². The lowest BCUT2D eigenvalue weighted by atomic mass is 10.1. The molecule has 1 aliphatic rings. The summed E-state index contributed by atoms with van der Waals surface area (Å²) in [6.07, 6.45) is 2.20. The minimum absolute atomic E-state index is 0.177. The maximum Gasteiger partial charge on any atom is 0.307 e. The molecular weight excluding hydrogens is 310 g/mol. The lowest BCUT2D eigenvalue weighted by Crippen LogP contribution is -2.44. The van der Waals surface area contributed by atoms with Gasteiger partial charge in [-0.3, -0.25) is 4.79 Å². The Balaban J connectivity index is 2.12. The van der Waals surface area contributed by atoms with Crippen LogP contribution in [-0.2, 0) is 21.2 Å². The van der Waals surface area contributed by atoms with Gasteiger partial charge in [0, 0.05) is 18.0 Å². The summed E-state index contributed by atoms with van der Waals surface area (Å²) in [6, 6.07) is 3.75. The highest BCUT2D eigenvalue weighted by Crippen LogP contribution is 2.33. The SMILES string of the molecule is CC(Cc1cccs1)N(C)S(=O)(=O)C1CCCC1C(=O)O. The summed E-state index contributed by atoms with van der Waals surface area (Å²) < 4.78 is 26.7. The van der Waals surface area contributed by atoms with Gasteiger partial charge in [0.25, 0.3) is 0 Å². The fourth-order valence-corrected chi connectivity index (χ4v) is 5.84. The van der Waals surface area contributed by atoms with Crippen molar-refractivity contribution in [2.75, 3.05) is 7.05 Å². The van der Waals surface area contributed by atoms with E-state index in [2.05, 4.69) is 0 Å². The quantitative estimate of drug-likeness (QED) is 0.867. The third kappa shape index (κ3) is 3.46. The topological polar surface area (TPSA) is 74.7 Å². The molecule has 21 heavy (non-hydrogen) atoms. The number of hydrogen-bond acceptors (Lipinski definition) is 4. The Kier molecular flexibility index (Phi) is 5.06. The minimum atomic E-state index is -3.58. The van der Waals surface area contributed by atoms with E-state index in [4.69, 9.17) is 0 Å². The van der Waals surface area contributed by atoms with Gasteiger partial charge in [-0.25, -0.2) is 12.7 Å². The van der Waals surface area contributed by atoms with Crippen LogP contribution in [0.5, 0.6) is 0 Å². The van der Waals surface area contributed by atoms with Gasteiger partial charge in [0.05, 0.1) is 11.2 Å². The molecule has 0 radical (unpaired) electrons. The molecule has 7 heteroatoms. The zero-order valence-corrected chi connectivity index (χ0v) is 13.9. The average Bonchev–Trinajstić information content (AvgIpc) is 3.08. The number of rotatable bonds is 6. The summed E-state index contributed by atoms with van der Waals surface area (Å²) >= 11 is 1.60. The van der Waals surface area contributed by atoms with Gasteiger partial charge in [0.15, 0.2) is 0 Å². The first-order valence-corrected chi connectivity index (χ1v) is 9.44. The molecule has 1 aliphatic carbocycles. The predicted octanol–water partition coefficient (Wildman–Crippen LogP) is 2.19. The van der Waals surface area contributed by atoms with Gasteiger partial charge in [-0.1, -0.05) is 12.5 Å². The van der Waals surface area contributed by atoms with Gasteiger partial charge in [0.2, 0.25) is 10.0 Å². The molecule has 0 spiro atoms. The van der Waals surface area contributed by atoms with Crippen LogP contribution < -0.4 is 0 Å². The predicted molar refractivity (Wildman–Crippen MR) is 82.9 cm³/mol. The van der Waals surface area contributed by atoms with Crippen molar-refractivity contribution in [2.45, 2.75) is 43.9 Å². The van der Waals surface area contributed by atoms with E-state index < -0.39 is 27.2 Å². The van der Waals surface area contributed by atoms with Crippen molar-refractivity contribution in [1.29, 1.82) is 0 Å². The number of likely N-dealkylation sites (N-methyl/N-ethyl adjacent to an activating group) is 1. The Hall–Kier alpha value is -0.920. The highest BCUT2D eigenvalue weighted by atomic mass is 32.2. The maximum absolute atomic E-state index is 12.7. The van der Waals surface area contributed by atoms with Gasteiger partial charge in [-0.15, -0.1) is 11.3 Å². The molecule has 3 unspecified atom stereocenters. The third-order valence-corrected chi connectivity index (χ3v) is 7.64. The summed E-state index contributed by atoms with van der Waals surface area (Å²) in [6.45, 7) is 1.86. The molecular formula is C14H21NO4S2. The van der Waals surface area contributed by atoms with Crippen molar-refractivity contribution in [2.24, 2.45) is 5.92 Å². The van der Waals surface area contributed by atoms with Gasteiger partial charge >= 0.3 is 5.97 Å². The van der Waals surface area contributed by atoms with E-state index in [0.717, 1.165) is 4.88 Å². The van der Waals surface area contributed by atoms with Crippen LogP contribution in [0.3, 0.4) is 0 Å². The fourth-order valence-electron chi connectivity index (χ4n) is 2.88. The Morgan fingerprint density at radius 1 is 1.52 bits per heavy atom. The van der Waals surface area contributed by atoms with E-state index in [1.54, 1.807) is 18.4 Å². The lowest BCUT2D eigenvalue weighted by Gasteiger charge is -2.28. The zero-order chi connectivity index (χ0) is 15.6. The Morgan fingerprint density at radius 3 is 2.81 bits per heavy atom. The second-order valence-corrected chi connectivity index (χ2v) is 8.85. The van der Waals surface area contributed by atoms with Crippen LogP contribution in [0, 0.1) is 5.92 Å². The molecule has 0 amide bonds. The first kappa shape index (κ1) is 16.5. The minimum Gasteiger partial charge on any atom is -0.481 e. The number of sulfonamides is 1. The van der Waals surface area contributed by atoms with Crippen LogP contribution in [0.25, 0.3) is 0 Å². The molecule has 3 atom stereocenters. The molecule has 0 aliphatic heterocycles. The number of carboxylic acids is 1. The monoisotopic (exact) mass is 331 g/mol. The highest BCUT2D eigenvalue weighted by Gasteiger charge is 2.44. The summed E-state index contributed by atoms with van der Waals surface area (Å²) in [4.78, 5) is 12.4. The van der Waals surface area contributed by atoms with Crippen LogP contribution in [0.1, 0.15) is 31.1 Å². The van der Waals surface area contributed by atoms with Gasteiger partial charge in [-0.05, 0) is 37.6 Å². The van der Waals surface area contributed by atoms with E-state index in [-0.39, 0.29) is 6.04 Å². The van der Waals surface area contributed by atoms with Crippen molar-refractivity contribution in [1.82, 2.24) is 4.31 Å². The first-order valence-electron chi connectivity index (χ1n) is 7.06. The number of aliphatic carboxylic acids is 1. The standard InChI is InChI=1S/C14H21NO4S2/c1-10(9-11-5-4-8-20-11)15(2)21(18,19)13-7-3-6-12(13)14(16)17/h4-5,8,10,12-13H,3,6-7,9H2,1-2H3,(H,16,17). The van der Waals surface area contributed by atoms with E-state index in [1.165, 1.54) is 4.31 Å². The zero-order valence-electron chi connectivity index (χ0n) is 12.2. The summed E-state index contributed by atoms with van der Waals surface area (Å²) in [5.74, 6) is -1.77. The first-order chi connectivity index (χ1) is 9.84. The fraction of sp³-hybridized carbons (Fsp3) is 0.643. The molecule has 0 saturated heterocycles. The summed E-state index contributed by atoms with van der Waals surface area (Å²) in [5, 5.41) is 10.4. The van der Waals surface area contributed by atoms with E-state index in [0.29, 0.717) is 25.7 Å². The van der Waals surface area contributed by atoms with E-state index in [1.807, 2.05) is 24.4 Å². The lowest BCUT2D eigenvalue weighted by molar-refractivity contribution is -0.141. The average molecular weight is 331 g/mol. The molecule has 5 nitrogen and oxygen atoms in total. The molecule has 0 bridgehead atoms. The van der Waals surface area contributed by atoms with Crippen molar-refractivity contribution in [3.63, 3.8) is 0 Å². The van der Waals surface area contributed by atoms with Gasteiger partial charge in [0.1, 0.15) is 0 Å². The molecule has 1 fully saturated rings. The number of hydrogen-bond donors (Lipinski definition) is 1. The van der Waals surface area contributed by atoms with Crippen molar-refractivity contribution in [3.05, 3.63) is 22.4 Å². The van der Waals surface area contributed by atoms with Crippen molar-refractivity contribution in [3.8, 4) is 0 Å². The third-order valence-electron chi connectivity index (χ3n) is 4.25. The van der Waals surface area contributed by atoms with Crippen LogP contribution in [0.15, 0.2) is 17.5 Å². The Bertz CT molecular complexity index is 582. The molecule has 2 rings (SSSR count). The molecule has 1 aromatic heterocycles. The van der Waals surface area contributed by atoms with Gasteiger partial charge < -0.3 is 5.11 Å². The molecule has 1 N–H and O–H groups in total. The van der Waals surface area contributed by atoms with Crippen molar-refractivity contribution < 1.29 is 18.3 Å². The van der Waals surface area contributed by atoms with Crippen LogP contribution in [-0.4, -0.2) is 42.1 Å². The largest absolute Gasteiger partial charge is 0.481 e. The normalized spacial score (nSPS) is 24.3. The smallest absolute Gasteiger partial charge is 0.307 e. The van der Waals surface area contributed by atoms with Crippen LogP contribution in [0.4, 0.5) is 0 Å². The summed E-state index contributed by atoms with van der Waals surface area (Å²) in [5.41, 5.74) is 0. The summed E-state index contributed by atoms with van der Waals surface area (Å²) in [7, 11) is -2.02. The molecule has 118 valence electrons. The van der Waals surface area contributed by atoms with Crippen LogP contribution in [0.2, 0.25) is 0 Å². The number of nitrogens with zero attached hydrogens (tertiary/aromatic N) is 1. The molecule has 1 heterocycles. The molecule has 0 aromatic carbocycles. The second kappa shape index (κ2) is 6.46. The Labute approximate surface area is 129 Å². The van der Waals surface area contributed by atoms with Gasteiger partial charge in [-0.2, -0.15) is 0 Å². The number of carbonyl (C=O) groups is 1. The molecule has 1 saturated carbocycles. The number of carboxylic acid groups (broad SMARTS) is 1.